The molecule has 1 heterocycles. The molecular weight excluding hydrogens is 259 g/mol. The SMILES string of the molecule is COC(C)(C)CCC(=O)c1ccc(C(F)(F)F)cn1. The zero-order valence-electron chi connectivity index (χ0n) is 11.0. The van der Waals surface area contributed by atoms with Crippen molar-refractivity contribution in [3.8, 4) is 0 Å². The summed E-state index contributed by atoms with van der Waals surface area (Å²) in [6.45, 7) is 3.67. The van der Waals surface area contributed by atoms with Crippen molar-refractivity contribution < 1.29 is 22.7 Å². The van der Waals surface area contributed by atoms with E-state index in [4.69, 9.17) is 4.74 Å². The van der Waals surface area contributed by atoms with E-state index in [0.29, 0.717) is 12.6 Å². The maximum atomic E-state index is 12.3. The van der Waals surface area contributed by atoms with Crippen LogP contribution in [0.3, 0.4) is 0 Å². The second-order valence-corrected chi connectivity index (χ2v) is 4.82. The van der Waals surface area contributed by atoms with Gasteiger partial charge < -0.3 is 4.74 Å². The first kappa shape index (κ1) is 15.6. The Morgan fingerprint density at radius 1 is 1.32 bits per heavy atom. The minimum atomic E-state index is -4.44. The van der Waals surface area contributed by atoms with E-state index in [1.807, 2.05) is 13.8 Å². The zero-order chi connectivity index (χ0) is 14.7. The van der Waals surface area contributed by atoms with Gasteiger partial charge in [0, 0.05) is 19.7 Å². The van der Waals surface area contributed by atoms with Crippen molar-refractivity contribution in [2.75, 3.05) is 7.11 Å². The highest BCUT2D eigenvalue weighted by Crippen LogP contribution is 2.28. The van der Waals surface area contributed by atoms with Gasteiger partial charge in [0.2, 0.25) is 0 Å². The average Bonchev–Trinajstić information content (AvgIpc) is 2.35. The first-order valence-electron chi connectivity index (χ1n) is 5.77. The smallest absolute Gasteiger partial charge is 0.379 e. The highest BCUT2D eigenvalue weighted by atomic mass is 19.4. The van der Waals surface area contributed by atoms with Crippen LogP contribution in [0.15, 0.2) is 18.3 Å². The molecule has 6 heteroatoms. The van der Waals surface area contributed by atoms with E-state index in [1.54, 1.807) is 7.11 Å². The summed E-state index contributed by atoms with van der Waals surface area (Å²) in [4.78, 5) is 15.3. The highest BCUT2D eigenvalue weighted by molar-refractivity contribution is 5.94. The molecule has 3 nitrogen and oxygen atoms in total. The first-order chi connectivity index (χ1) is 8.65. The number of carbonyl (C=O) groups is 1. The molecule has 0 saturated carbocycles. The van der Waals surface area contributed by atoms with Crippen LogP contribution in [0.2, 0.25) is 0 Å². The summed E-state index contributed by atoms with van der Waals surface area (Å²) in [5.74, 6) is -0.293. The van der Waals surface area contributed by atoms with Crippen molar-refractivity contribution in [1.29, 1.82) is 0 Å². The predicted molar refractivity (Wildman–Crippen MR) is 63.9 cm³/mol. The van der Waals surface area contributed by atoms with E-state index in [-0.39, 0.29) is 17.9 Å². The Morgan fingerprint density at radius 3 is 2.37 bits per heavy atom. The monoisotopic (exact) mass is 275 g/mol. The molecule has 19 heavy (non-hydrogen) atoms. The Labute approximate surface area is 109 Å². The third-order valence-electron chi connectivity index (χ3n) is 2.88. The van der Waals surface area contributed by atoms with E-state index < -0.39 is 17.3 Å². The fourth-order valence-corrected chi connectivity index (χ4v) is 1.37. The number of pyridine rings is 1. The molecule has 0 aliphatic rings. The van der Waals surface area contributed by atoms with Gasteiger partial charge in [0.1, 0.15) is 5.69 Å². The van der Waals surface area contributed by atoms with Crippen LogP contribution in [0, 0.1) is 0 Å². The minimum absolute atomic E-state index is 0.0416. The summed E-state index contributed by atoms with van der Waals surface area (Å²) in [5, 5.41) is 0. The Balaban J connectivity index is 2.69. The lowest BCUT2D eigenvalue weighted by Gasteiger charge is -2.22. The van der Waals surface area contributed by atoms with Crippen molar-refractivity contribution in [2.45, 2.75) is 38.5 Å². The summed E-state index contributed by atoms with van der Waals surface area (Å²) in [6, 6.07) is 1.96. The van der Waals surface area contributed by atoms with E-state index in [1.165, 1.54) is 0 Å². The maximum absolute atomic E-state index is 12.3. The number of aromatic nitrogens is 1. The van der Waals surface area contributed by atoms with Crippen molar-refractivity contribution in [1.82, 2.24) is 4.98 Å². The summed E-state index contributed by atoms with van der Waals surface area (Å²) >= 11 is 0. The quantitative estimate of drug-likeness (QED) is 0.772. The molecule has 0 fully saturated rings. The molecule has 1 aromatic rings. The van der Waals surface area contributed by atoms with Crippen LogP contribution in [0.5, 0.6) is 0 Å². The van der Waals surface area contributed by atoms with Crippen molar-refractivity contribution in [3.05, 3.63) is 29.6 Å². The molecule has 0 amide bonds. The van der Waals surface area contributed by atoms with Gasteiger partial charge in [-0.25, -0.2) is 0 Å². The zero-order valence-corrected chi connectivity index (χ0v) is 11.0. The summed E-state index contributed by atoms with van der Waals surface area (Å²) in [7, 11) is 1.54. The van der Waals surface area contributed by atoms with Crippen LogP contribution in [0.4, 0.5) is 13.2 Å². The van der Waals surface area contributed by atoms with Crippen molar-refractivity contribution >= 4 is 5.78 Å². The number of hydrogen-bond acceptors (Lipinski definition) is 3. The van der Waals surface area contributed by atoms with Gasteiger partial charge in [-0.3, -0.25) is 9.78 Å². The van der Waals surface area contributed by atoms with E-state index >= 15 is 0 Å². The lowest BCUT2D eigenvalue weighted by atomic mass is 9.99. The van der Waals surface area contributed by atoms with Crippen molar-refractivity contribution in [3.63, 3.8) is 0 Å². The number of alkyl halides is 3. The van der Waals surface area contributed by atoms with Gasteiger partial charge in [0.25, 0.3) is 0 Å². The summed E-state index contributed by atoms with van der Waals surface area (Å²) < 4.78 is 42.2. The molecule has 106 valence electrons. The second-order valence-electron chi connectivity index (χ2n) is 4.82. The highest BCUT2D eigenvalue weighted by Gasteiger charge is 2.31. The molecule has 0 bridgehead atoms. The van der Waals surface area contributed by atoms with E-state index in [0.717, 1.165) is 12.1 Å². The second kappa shape index (κ2) is 5.69. The molecule has 0 radical (unpaired) electrons. The van der Waals surface area contributed by atoms with Gasteiger partial charge in [-0.2, -0.15) is 13.2 Å². The largest absolute Gasteiger partial charge is 0.417 e. The van der Waals surface area contributed by atoms with E-state index in [9.17, 15) is 18.0 Å². The summed E-state index contributed by atoms with van der Waals surface area (Å²) in [6.07, 6.45) is -3.11. The number of carbonyl (C=O) groups excluding carboxylic acids is 1. The number of rotatable bonds is 5. The Kier molecular flexibility index (Phi) is 4.68. The average molecular weight is 275 g/mol. The molecule has 0 aromatic carbocycles. The lowest BCUT2D eigenvalue weighted by molar-refractivity contribution is -0.137. The molecule has 0 saturated heterocycles. The van der Waals surface area contributed by atoms with Gasteiger partial charge >= 0.3 is 6.18 Å². The molecular formula is C13H16F3NO2. The molecule has 0 spiro atoms. The number of Topliss-reactive ketones (excluding diaryl/α,β-unsaturated/α-hetero) is 1. The topological polar surface area (TPSA) is 39.2 Å². The van der Waals surface area contributed by atoms with Gasteiger partial charge in [0.15, 0.2) is 5.78 Å². The number of ketones is 1. The van der Waals surface area contributed by atoms with Gasteiger partial charge in [-0.1, -0.05) is 0 Å². The number of nitrogens with zero attached hydrogens (tertiary/aromatic N) is 1. The number of halogens is 3. The maximum Gasteiger partial charge on any atom is 0.417 e. The Bertz CT molecular complexity index is 438. The molecule has 0 N–H and O–H groups in total. The van der Waals surface area contributed by atoms with Gasteiger partial charge in [-0.05, 0) is 32.4 Å². The van der Waals surface area contributed by atoms with Crippen LogP contribution >= 0.6 is 0 Å². The predicted octanol–water partition coefficient (Wildman–Crippen LogP) is 3.49. The first-order valence-corrected chi connectivity index (χ1v) is 5.77. The number of ether oxygens (including phenoxy) is 1. The third-order valence-corrected chi connectivity index (χ3v) is 2.88. The van der Waals surface area contributed by atoms with Crippen molar-refractivity contribution in [2.24, 2.45) is 0 Å². The van der Waals surface area contributed by atoms with Crippen LogP contribution in [-0.4, -0.2) is 23.5 Å². The third kappa shape index (κ3) is 4.63. The van der Waals surface area contributed by atoms with Crippen LogP contribution < -0.4 is 0 Å². The normalized spacial score (nSPS) is 12.5. The molecule has 0 unspecified atom stereocenters. The molecule has 0 atom stereocenters. The standard InChI is InChI=1S/C13H16F3NO2/c1-12(2,19-3)7-6-11(18)10-5-4-9(8-17-10)13(14,15)16/h4-5,8H,6-7H2,1-3H3. The Morgan fingerprint density at radius 2 is 1.95 bits per heavy atom. The van der Waals surface area contributed by atoms with Crippen LogP contribution in [0.1, 0.15) is 42.7 Å². The van der Waals surface area contributed by atoms with Gasteiger partial charge in [-0.15, -0.1) is 0 Å². The molecule has 0 aliphatic carbocycles. The fourth-order valence-electron chi connectivity index (χ4n) is 1.37. The van der Waals surface area contributed by atoms with Crippen LogP contribution in [0.25, 0.3) is 0 Å². The molecule has 0 aliphatic heterocycles. The van der Waals surface area contributed by atoms with Crippen LogP contribution in [-0.2, 0) is 10.9 Å². The fraction of sp³-hybridized carbons (Fsp3) is 0.538. The number of methoxy groups -OCH3 is 1. The summed E-state index contributed by atoms with van der Waals surface area (Å²) in [5.41, 5.74) is -1.26. The number of hydrogen-bond donors (Lipinski definition) is 0. The minimum Gasteiger partial charge on any atom is -0.379 e. The lowest BCUT2D eigenvalue weighted by Crippen LogP contribution is -2.23. The Hall–Kier alpha value is -1.43. The van der Waals surface area contributed by atoms with Gasteiger partial charge in [0.05, 0.1) is 11.2 Å². The molecule has 1 aromatic heterocycles. The van der Waals surface area contributed by atoms with E-state index in [2.05, 4.69) is 4.98 Å². The molecule has 1 rings (SSSR count).